The fourth-order valence-electron chi connectivity index (χ4n) is 5.14. The molecule has 0 spiro atoms. The van der Waals surface area contributed by atoms with Gasteiger partial charge in [-0.2, -0.15) is 0 Å². The highest BCUT2D eigenvalue weighted by molar-refractivity contribution is 6.00. The number of aliphatic imine (C=N–C) groups is 1. The Balaban J connectivity index is 1.47. The number of aryl methyl sites for hydroxylation is 3. The molecule has 0 bridgehead atoms. The van der Waals surface area contributed by atoms with Gasteiger partial charge in [0, 0.05) is 24.0 Å². The van der Waals surface area contributed by atoms with Crippen molar-refractivity contribution in [1.29, 1.82) is 0 Å². The molecular formula is C32H41N3. The van der Waals surface area contributed by atoms with Crippen LogP contribution < -0.4 is 5.32 Å². The number of allylic oxidation sites excluding steroid dienone is 1. The number of hydrogen-bond acceptors (Lipinski definition) is 2. The van der Waals surface area contributed by atoms with Gasteiger partial charge in [0.15, 0.2) is 0 Å². The molecule has 3 aromatic rings. The lowest BCUT2D eigenvalue weighted by atomic mass is 9.90. The number of aromatic amines is 1. The van der Waals surface area contributed by atoms with Crippen LogP contribution in [0.1, 0.15) is 85.0 Å². The van der Waals surface area contributed by atoms with Gasteiger partial charge >= 0.3 is 0 Å². The van der Waals surface area contributed by atoms with Crippen molar-refractivity contribution in [2.75, 3.05) is 5.32 Å². The zero-order valence-electron chi connectivity index (χ0n) is 22.2. The standard InChI is InChI=1S/C32H41N3/c1-6-9-25(7-2)19-29-20-31(23(4)16-22(29)3)35-32-11-8-10-30(34-32)28-14-12-26(13-15-28)18-27-17-24(5)33-21-27/h10,12-17,20-21,25,33H,6-9,11,18-19H2,1-5H3,(H,34,35). The van der Waals surface area contributed by atoms with Crippen LogP contribution in [0, 0.1) is 26.7 Å². The third kappa shape index (κ3) is 6.54. The molecule has 4 rings (SSSR count). The highest BCUT2D eigenvalue weighted by Crippen LogP contribution is 2.28. The van der Waals surface area contributed by atoms with Gasteiger partial charge in [-0.3, -0.25) is 0 Å². The Hall–Kier alpha value is -3.07. The van der Waals surface area contributed by atoms with Crippen LogP contribution >= 0.6 is 0 Å². The molecule has 1 aliphatic rings. The first-order valence-corrected chi connectivity index (χ1v) is 13.3. The van der Waals surface area contributed by atoms with Crippen LogP contribution in [-0.2, 0) is 12.8 Å². The van der Waals surface area contributed by atoms with Crippen molar-refractivity contribution in [2.45, 2.75) is 79.6 Å². The second-order valence-electron chi connectivity index (χ2n) is 10.2. The minimum Gasteiger partial charge on any atom is -0.365 e. The Labute approximate surface area is 211 Å². The number of H-pyrrole nitrogens is 1. The van der Waals surface area contributed by atoms with Crippen LogP contribution in [0.15, 0.2) is 59.7 Å². The van der Waals surface area contributed by atoms with Crippen LogP contribution in [-0.4, -0.2) is 10.8 Å². The zero-order valence-corrected chi connectivity index (χ0v) is 22.2. The van der Waals surface area contributed by atoms with Gasteiger partial charge in [-0.1, -0.05) is 69.5 Å². The number of nitrogens with one attached hydrogen (secondary N) is 2. The summed E-state index contributed by atoms with van der Waals surface area (Å²) in [5, 5.41) is 3.69. The van der Waals surface area contributed by atoms with Gasteiger partial charge in [0.2, 0.25) is 0 Å². The van der Waals surface area contributed by atoms with Crippen molar-refractivity contribution in [3.8, 4) is 0 Å². The summed E-state index contributed by atoms with van der Waals surface area (Å²) in [4.78, 5) is 8.30. The Kier molecular flexibility index (Phi) is 8.28. The topological polar surface area (TPSA) is 40.2 Å². The average molecular weight is 468 g/mol. The van der Waals surface area contributed by atoms with Gasteiger partial charge in [-0.25, -0.2) is 4.99 Å². The van der Waals surface area contributed by atoms with E-state index in [0.29, 0.717) is 0 Å². The van der Waals surface area contributed by atoms with E-state index in [1.807, 2.05) is 0 Å². The zero-order chi connectivity index (χ0) is 24.8. The number of amidine groups is 1. The summed E-state index contributed by atoms with van der Waals surface area (Å²) in [6.45, 7) is 11.2. The predicted octanol–water partition coefficient (Wildman–Crippen LogP) is 8.54. The van der Waals surface area contributed by atoms with E-state index < -0.39 is 0 Å². The van der Waals surface area contributed by atoms with Crippen molar-refractivity contribution in [3.05, 3.63) is 93.8 Å². The number of benzene rings is 2. The monoisotopic (exact) mass is 467 g/mol. The molecule has 3 heteroatoms. The maximum Gasteiger partial charge on any atom is 0.107 e. The minimum atomic E-state index is 0.764. The average Bonchev–Trinajstić information content (AvgIpc) is 3.26. The van der Waals surface area contributed by atoms with E-state index in [1.165, 1.54) is 64.0 Å². The van der Waals surface area contributed by atoms with E-state index >= 15 is 0 Å². The van der Waals surface area contributed by atoms with E-state index in [9.17, 15) is 0 Å². The summed E-state index contributed by atoms with van der Waals surface area (Å²) in [5.41, 5.74) is 11.5. The van der Waals surface area contributed by atoms with Crippen LogP contribution in [0.4, 0.5) is 5.69 Å². The summed E-state index contributed by atoms with van der Waals surface area (Å²) in [7, 11) is 0. The molecule has 1 unspecified atom stereocenters. The molecule has 3 nitrogen and oxygen atoms in total. The number of hydrogen-bond donors (Lipinski definition) is 2. The van der Waals surface area contributed by atoms with Crippen LogP contribution in [0.3, 0.4) is 0 Å². The van der Waals surface area contributed by atoms with E-state index in [1.54, 1.807) is 0 Å². The van der Waals surface area contributed by atoms with Gasteiger partial charge in [-0.05, 0) is 91.5 Å². The Bertz CT molecular complexity index is 1190. The molecule has 0 saturated heterocycles. The van der Waals surface area contributed by atoms with Gasteiger partial charge in [0.1, 0.15) is 5.84 Å². The molecule has 0 saturated carbocycles. The largest absolute Gasteiger partial charge is 0.365 e. The number of anilines is 1. The number of nitrogens with zero attached hydrogens (tertiary/aromatic N) is 1. The summed E-state index contributed by atoms with van der Waals surface area (Å²) < 4.78 is 0. The molecule has 2 N–H and O–H groups in total. The van der Waals surface area contributed by atoms with Crippen molar-refractivity contribution >= 4 is 17.2 Å². The fraction of sp³-hybridized carbons (Fsp3) is 0.406. The molecule has 2 heterocycles. The second-order valence-corrected chi connectivity index (χ2v) is 10.2. The molecule has 0 amide bonds. The van der Waals surface area contributed by atoms with E-state index in [0.717, 1.165) is 43.1 Å². The molecule has 0 aliphatic carbocycles. The van der Waals surface area contributed by atoms with Crippen molar-refractivity contribution in [1.82, 2.24) is 4.98 Å². The maximum absolute atomic E-state index is 5.03. The van der Waals surface area contributed by atoms with Crippen LogP contribution in [0.2, 0.25) is 0 Å². The third-order valence-corrected chi connectivity index (χ3v) is 7.26. The SMILES string of the molecule is CCCC(CC)Cc1cc(NC2=NC(c3ccc(Cc4c[nH]c(C)c4)cc3)=CCC2)c(C)cc1C. The van der Waals surface area contributed by atoms with Crippen LogP contribution in [0.25, 0.3) is 5.70 Å². The molecule has 0 radical (unpaired) electrons. The van der Waals surface area contributed by atoms with E-state index in [4.69, 9.17) is 4.99 Å². The van der Waals surface area contributed by atoms with Gasteiger partial charge < -0.3 is 10.3 Å². The van der Waals surface area contributed by atoms with E-state index in [-0.39, 0.29) is 0 Å². The minimum absolute atomic E-state index is 0.764. The number of aromatic nitrogens is 1. The normalized spacial score (nSPS) is 14.4. The Morgan fingerprint density at radius 2 is 1.77 bits per heavy atom. The molecule has 35 heavy (non-hydrogen) atoms. The lowest BCUT2D eigenvalue weighted by molar-refractivity contribution is 0.461. The number of rotatable bonds is 9. The first-order valence-electron chi connectivity index (χ1n) is 13.3. The van der Waals surface area contributed by atoms with Crippen molar-refractivity contribution in [3.63, 3.8) is 0 Å². The molecule has 184 valence electrons. The van der Waals surface area contributed by atoms with Crippen molar-refractivity contribution < 1.29 is 0 Å². The molecule has 1 aliphatic heterocycles. The third-order valence-electron chi connectivity index (χ3n) is 7.26. The highest BCUT2D eigenvalue weighted by Gasteiger charge is 2.14. The summed E-state index contributed by atoms with van der Waals surface area (Å²) in [5.74, 6) is 1.83. The Morgan fingerprint density at radius 1 is 0.971 bits per heavy atom. The maximum atomic E-state index is 5.03. The molecule has 2 aromatic carbocycles. The first kappa shape index (κ1) is 25.0. The van der Waals surface area contributed by atoms with E-state index in [2.05, 4.69) is 99.7 Å². The summed E-state index contributed by atoms with van der Waals surface area (Å²) in [6.07, 6.45) is 12.2. The fourth-order valence-corrected chi connectivity index (χ4v) is 5.14. The van der Waals surface area contributed by atoms with Crippen molar-refractivity contribution in [2.24, 2.45) is 10.9 Å². The Morgan fingerprint density at radius 3 is 2.46 bits per heavy atom. The smallest absolute Gasteiger partial charge is 0.107 e. The summed E-state index contributed by atoms with van der Waals surface area (Å²) in [6, 6.07) is 15.8. The molecule has 0 fully saturated rings. The molecule has 1 atom stereocenters. The molecule has 1 aromatic heterocycles. The predicted molar refractivity (Wildman–Crippen MR) is 151 cm³/mol. The summed E-state index contributed by atoms with van der Waals surface area (Å²) >= 11 is 0. The molecular weight excluding hydrogens is 426 g/mol. The quantitative estimate of drug-likeness (QED) is 0.325. The van der Waals surface area contributed by atoms with Gasteiger partial charge in [0.25, 0.3) is 0 Å². The highest BCUT2D eigenvalue weighted by atomic mass is 15.0. The van der Waals surface area contributed by atoms with Gasteiger partial charge in [0.05, 0.1) is 5.70 Å². The second kappa shape index (κ2) is 11.6. The first-order chi connectivity index (χ1) is 16.9. The lowest BCUT2D eigenvalue weighted by Gasteiger charge is -2.20. The lowest BCUT2D eigenvalue weighted by Crippen LogP contribution is -2.16. The van der Waals surface area contributed by atoms with Gasteiger partial charge in [-0.15, -0.1) is 0 Å². The van der Waals surface area contributed by atoms with Crippen LogP contribution in [0.5, 0.6) is 0 Å².